The molecule has 0 N–H and O–H groups in total. The maximum atomic E-state index is 11.6. The van der Waals surface area contributed by atoms with Crippen molar-refractivity contribution in [2.75, 3.05) is 116 Å². The van der Waals surface area contributed by atoms with Crippen LogP contribution >= 0.6 is 60.8 Å². The summed E-state index contributed by atoms with van der Waals surface area (Å²) in [5.41, 5.74) is 0. The minimum absolute atomic E-state index is 0. The molecular weight excluding hydrogens is 1520 g/mol. The smallest absolute Gasteiger partial charge is 0.810 e. The van der Waals surface area contributed by atoms with E-state index in [1.54, 1.807) is 0 Å². The van der Waals surface area contributed by atoms with Gasteiger partial charge < -0.3 is 115 Å². The monoisotopic (exact) mass is 1550 g/mol. The summed E-state index contributed by atoms with van der Waals surface area (Å²) in [4.78, 5) is 185. The third-order valence-corrected chi connectivity index (χ3v) is 12.6. The van der Waals surface area contributed by atoms with E-state index in [0.717, 1.165) is 9.80 Å². The standard InChI is InChI=1S/C18H52N6O24P8.15K/c25-49(26,27)11-19(3-5-21(13-51(31,32)33)7-9-23(15-53(37,38)39)16-54(40,41)42)1-2-20(12-50(28,29)30)4-6-22(14-52(34,35)36)8-10-24(17-55(43,44)45)18-56(46,47)48;;;;;;;;;;;;;;;/h1-18H2,(H2,25,26,27)(H2,28,29,30)(H2,31,32,33)(H2,34,35,36)(H2,37,38,39)(H2,40,41,42)(H2,43,44,45)(H2,46,47,48);;;;;;;;;;;;;;;/q;15*+1/p-15. The Bertz CT molecular complexity index is 1490. The molecule has 0 saturated carbocycles. The Morgan fingerprint density at radius 3 is 0.338 bits per heavy atom. The van der Waals surface area contributed by atoms with Crippen molar-refractivity contribution in [1.29, 1.82) is 0 Å². The Morgan fingerprint density at radius 2 is 0.254 bits per heavy atom. The van der Waals surface area contributed by atoms with Crippen LogP contribution in [-0.2, 0) is 36.5 Å². The topological polar surface area (TPSA) is 525 Å². The fourth-order valence-corrected chi connectivity index (χ4v) is 11.1. The molecule has 0 aliphatic heterocycles. The van der Waals surface area contributed by atoms with Crippen molar-refractivity contribution in [3.63, 3.8) is 0 Å². The zero-order chi connectivity index (χ0) is 44.2. The summed E-state index contributed by atoms with van der Waals surface area (Å²) >= 11 is 0. The maximum absolute atomic E-state index is 11.6. The van der Waals surface area contributed by atoms with E-state index in [1.807, 2.05) is 0 Å². The average Bonchev–Trinajstić information content (AvgIpc) is 2.87. The van der Waals surface area contributed by atoms with Crippen LogP contribution < -0.4 is 849 Å². The summed E-state index contributed by atoms with van der Waals surface area (Å²) in [6.45, 7) is -7.35. The van der Waals surface area contributed by atoms with Crippen LogP contribution in [0.4, 0.5) is 0 Å². The molecule has 0 unspecified atom stereocenters. The van der Waals surface area contributed by atoms with E-state index in [2.05, 4.69) is 0 Å². The van der Waals surface area contributed by atoms with Gasteiger partial charge in [0.05, 0.1) is 0 Å². The second-order valence-corrected chi connectivity index (χ2v) is 24.3. The first kappa shape index (κ1) is 136. The second kappa shape index (κ2) is 71.1. The molecule has 0 aromatic carbocycles. The van der Waals surface area contributed by atoms with Gasteiger partial charge in [0.2, 0.25) is 0 Å². The second-order valence-electron chi connectivity index (χ2n) is 12.3. The number of rotatable bonds is 31. The summed E-state index contributed by atoms with van der Waals surface area (Å²) < 4.78 is 91.0. The number of nitrogens with zero attached hydrogens (tertiary/aromatic N) is 6. The first-order valence-electron chi connectivity index (χ1n) is 15.1. The van der Waals surface area contributed by atoms with Crippen molar-refractivity contribution in [1.82, 2.24) is 29.4 Å². The van der Waals surface area contributed by atoms with Gasteiger partial charge in [-0.3, -0.25) is 29.4 Å². The van der Waals surface area contributed by atoms with Gasteiger partial charge in [-0.25, -0.2) is 0 Å². The Morgan fingerprint density at radius 1 is 0.183 bits per heavy atom. The minimum Gasteiger partial charge on any atom is -0.810 e. The average molecular weight is 1560 g/mol. The van der Waals surface area contributed by atoms with Gasteiger partial charge in [0.15, 0.2) is 0 Å². The van der Waals surface area contributed by atoms with Crippen LogP contribution in [0.1, 0.15) is 1.43 Å². The first-order chi connectivity index (χ1) is 24.7. The molecule has 338 valence electrons. The van der Waals surface area contributed by atoms with Crippen molar-refractivity contribution in [3.05, 3.63) is 0 Å². The molecule has 0 rings (SSSR count). The molecular formula is C18H37K15N6O24P8. The maximum Gasteiger partial charge on any atom is 1.00 e. The van der Waals surface area contributed by atoms with Gasteiger partial charge in [-0.05, 0) is 0 Å². The summed E-state index contributed by atoms with van der Waals surface area (Å²) in [6, 6.07) is 0. The SMILES string of the molecule is O=P([O-])([O-])CN(CCN(CCN(CCN(CP(=O)([O-])[O-])CP(=O)([O-])[O-])CP(=O)([O-])[O-])CP(=O)([O-])[O-])CCN(CCN(CP(=O)([O-])[O-])CP(=O)([O-])[O-])CP(=O)([O-])[O-].[H+].[K+].[K+].[K+].[K+].[K+].[K+].[K+].[K+].[K+].[K+].[K+].[K+].[K+].[K+].[K+]. The van der Waals surface area contributed by atoms with Crippen LogP contribution in [0, 0.1) is 0 Å². The normalized spacial score (nSPS) is 11.6. The minimum atomic E-state index is -5.52. The molecule has 0 saturated heterocycles. The van der Waals surface area contributed by atoms with Gasteiger partial charge in [-0.2, -0.15) is 0 Å². The van der Waals surface area contributed by atoms with E-state index in [1.165, 1.54) is 0 Å². The zero-order valence-electron chi connectivity index (χ0n) is 44.8. The van der Waals surface area contributed by atoms with Gasteiger partial charge in [0.25, 0.3) is 0 Å². The van der Waals surface area contributed by atoms with Crippen LogP contribution in [0.15, 0.2) is 0 Å². The molecule has 0 fully saturated rings. The van der Waals surface area contributed by atoms with E-state index < -0.39 is 177 Å². The van der Waals surface area contributed by atoms with E-state index >= 15 is 0 Å². The Hall–Kier alpha value is 25.5. The summed E-state index contributed by atoms with van der Waals surface area (Å²) in [5.74, 6) is 0. The molecule has 0 spiro atoms. The van der Waals surface area contributed by atoms with Gasteiger partial charge >= 0.3 is 772 Å². The van der Waals surface area contributed by atoms with Gasteiger partial charge in [-0.1, -0.05) is 60.8 Å². The molecule has 0 heterocycles. The van der Waals surface area contributed by atoms with Crippen molar-refractivity contribution in [2.45, 2.75) is 0 Å². The van der Waals surface area contributed by atoms with Gasteiger partial charge in [-0.15, -0.1) is 0 Å². The van der Waals surface area contributed by atoms with Crippen molar-refractivity contribution < 1.29 is 887 Å². The summed E-state index contributed by atoms with van der Waals surface area (Å²) in [5, 5.41) is 0. The largest absolute Gasteiger partial charge is 1.00 e. The quantitative estimate of drug-likeness (QED) is 0.0459. The molecule has 30 nitrogen and oxygen atoms in total. The first-order valence-corrected chi connectivity index (χ1v) is 28.9. The van der Waals surface area contributed by atoms with Crippen LogP contribution in [0.25, 0.3) is 0 Å². The predicted octanol–water partition coefficient (Wildman–Crippen LogP) is -59.1. The van der Waals surface area contributed by atoms with Crippen LogP contribution in [0.2, 0.25) is 0 Å². The fourth-order valence-electron chi connectivity index (χ4n) is 4.76. The number of hydrogen-bond donors (Lipinski definition) is 0. The summed E-state index contributed by atoms with van der Waals surface area (Å²) in [6.07, 6.45) is -11.6. The molecule has 71 heavy (non-hydrogen) atoms. The molecule has 0 atom stereocenters. The van der Waals surface area contributed by atoms with E-state index in [0.29, 0.717) is 19.6 Å². The predicted molar refractivity (Wildman–Crippen MR) is 161 cm³/mol. The van der Waals surface area contributed by atoms with Crippen molar-refractivity contribution >= 4 is 60.8 Å². The van der Waals surface area contributed by atoms with Crippen molar-refractivity contribution in [2.24, 2.45) is 0 Å². The third kappa shape index (κ3) is 102. The molecule has 0 radical (unpaired) electrons. The van der Waals surface area contributed by atoms with Crippen molar-refractivity contribution in [3.8, 4) is 0 Å². The van der Waals surface area contributed by atoms with E-state index in [-0.39, 0.29) is 772 Å². The third-order valence-electron chi connectivity index (χ3n) is 6.65. The fraction of sp³-hybridized carbons (Fsp3) is 1.00. The van der Waals surface area contributed by atoms with Crippen LogP contribution in [-0.4, -0.2) is 145 Å². The summed E-state index contributed by atoms with van der Waals surface area (Å²) in [7, 11) is -44.1. The molecule has 0 aromatic rings. The molecule has 53 heteroatoms. The van der Waals surface area contributed by atoms with Crippen LogP contribution in [0.3, 0.4) is 0 Å². The van der Waals surface area contributed by atoms with Gasteiger partial charge in [0, 0.05) is 116 Å². The Balaban J connectivity index is -0.000000126. The van der Waals surface area contributed by atoms with Crippen LogP contribution in [0.5, 0.6) is 0 Å². The molecule has 0 aliphatic carbocycles. The van der Waals surface area contributed by atoms with E-state index in [4.69, 9.17) is 0 Å². The molecule has 0 amide bonds. The molecule has 0 bridgehead atoms. The number of hydrogen-bond acceptors (Lipinski definition) is 30. The van der Waals surface area contributed by atoms with E-state index in [9.17, 15) is 115 Å². The Labute approximate surface area is 1060 Å². The molecule has 0 aliphatic rings. The Kier molecular flexibility index (Phi) is 136. The zero-order valence-corrected chi connectivity index (χ0v) is 97.8. The van der Waals surface area contributed by atoms with Gasteiger partial charge in [0.1, 0.15) is 0 Å². The molecule has 0 aromatic heterocycles.